The Balaban J connectivity index is 1.94. The Labute approximate surface area is 107 Å². The molecule has 0 aliphatic carbocycles. The fourth-order valence-electron chi connectivity index (χ4n) is 1.80. The van der Waals surface area contributed by atoms with E-state index in [2.05, 4.69) is 34.3 Å². The van der Waals surface area contributed by atoms with Crippen LogP contribution in [0.1, 0.15) is 31.8 Å². The summed E-state index contributed by atoms with van der Waals surface area (Å²) in [6.45, 7) is 7.56. The first-order valence-corrected chi connectivity index (χ1v) is 6.43. The molecule has 1 N–H and O–H groups in total. The van der Waals surface area contributed by atoms with Gasteiger partial charge in [-0.3, -0.25) is 4.68 Å². The molecule has 98 valence electrons. The lowest BCUT2D eigenvalue weighted by Crippen LogP contribution is -2.15. The van der Waals surface area contributed by atoms with Gasteiger partial charge in [-0.05, 0) is 26.0 Å². The SMILES string of the molecule is CCCNCc1ccn(Cc2ncnn2CC)n1. The summed E-state index contributed by atoms with van der Waals surface area (Å²) in [6.07, 6.45) is 4.71. The van der Waals surface area contributed by atoms with Crippen LogP contribution in [0.2, 0.25) is 0 Å². The van der Waals surface area contributed by atoms with E-state index in [9.17, 15) is 0 Å². The highest BCUT2D eigenvalue weighted by molar-refractivity contribution is 5.00. The van der Waals surface area contributed by atoms with E-state index in [1.807, 2.05) is 21.6 Å². The van der Waals surface area contributed by atoms with Gasteiger partial charge in [0, 0.05) is 19.3 Å². The Kier molecular flexibility index (Phi) is 4.46. The summed E-state index contributed by atoms with van der Waals surface area (Å²) >= 11 is 0. The molecule has 0 atom stereocenters. The first-order chi connectivity index (χ1) is 8.83. The van der Waals surface area contributed by atoms with Crippen molar-refractivity contribution >= 4 is 0 Å². The van der Waals surface area contributed by atoms with Crippen molar-refractivity contribution in [3.05, 3.63) is 30.1 Å². The quantitative estimate of drug-likeness (QED) is 0.744. The van der Waals surface area contributed by atoms with Gasteiger partial charge in [0.15, 0.2) is 0 Å². The molecule has 0 radical (unpaired) electrons. The summed E-state index contributed by atoms with van der Waals surface area (Å²) in [5.41, 5.74) is 1.06. The van der Waals surface area contributed by atoms with Crippen molar-refractivity contribution in [2.24, 2.45) is 0 Å². The lowest BCUT2D eigenvalue weighted by molar-refractivity contribution is 0.560. The molecule has 2 rings (SSSR count). The van der Waals surface area contributed by atoms with Crippen molar-refractivity contribution in [3.63, 3.8) is 0 Å². The van der Waals surface area contributed by atoms with E-state index < -0.39 is 0 Å². The monoisotopic (exact) mass is 248 g/mol. The summed E-state index contributed by atoms with van der Waals surface area (Å²) in [6, 6.07) is 2.04. The largest absolute Gasteiger partial charge is 0.311 e. The van der Waals surface area contributed by atoms with Crippen molar-refractivity contribution < 1.29 is 0 Å². The van der Waals surface area contributed by atoms with Crippen LogP contribution in [0, 0.1) is 0 Å². The molecule has 0 amide bonds. The Hall–Kier alpha value is -1.69. The van der Waals surface area contributed by atoms with Crippen molar-refractivity contribution in [1.29, 1.82) is 0 Å². The molecule has 0 saturated carbocycles. The molecule has 2 aromatic rings. The maximum Gasteiger partial charge on any atom is 0.148 e. The molecular weight excluding hydrogens is 228 g/mol. The molecule has 0 saturated heterocycles. The van der Waals surface area contributed by atoms with Crippen LogP contribution in [0.5, 0.6) is 0 Å². The normalized spacial score (nSPS) is 11.0. The predicted octanol–water partition coefficient (Wildman–Crippen LogP) is 1.04. The number of aryl methyl sites for hydroxylation is 1. The minimum absolute atomic E-state index is 0.668. The van der Waals surface area contributed by atoms with Crippen molar-refractivity contribution in [2.75, 3.05) is 6.54 Å². The Morgan fingerprint density at radius 1 is 1.33 bits per heavy atom. The van der Waals surface area contributed by atoms with E-state index in [4.69, 9.17) is 0 Å². The number of rotatable bonds is 7. The molecule has 0 fully saturated rings. The number of hydrogen-bond donors (Lipinski definition) is 1. The van der Waals surface area contributed by atoms with Gasteiger partial charge in [0.1, 0.15) is 18.7 Å². The summed E-state index contributed by atoms with van der Waals surface area (Å²) in [5.74, 6) is 0.939. The molecular formula is C12H20N6. The van der Waals surface area contributed by atoms with Gasteiger partial charge in [-0.25, -0.2) is 9.67 Å². The maximum absolute atomic E-state index is 4.51. The minimum Gasteiger partial charge on any atom is -0.311 e. The predicted molar refractivity (Wildman–Crippen MR) is 69.0 cm³/mol. The fourth-order valence-corrected chi connectivity index (χ4v) is 1.80. The first kappa shape index (κ1) is 12.8. The number of hydrogen-bond acceptors (Lipinski definition) is 4. The zero-order chi connectivity index (χ0) is 12.8. The van der Waals surface area contributed by atoms with Gasteiger partial charge in [0.05, 0.1) is 5.69 Å². The third-order valence-electron chi connectivity index (χ3n) is 2.73. The van der Waals surface area contributed by atoms with Gasteiger partial charge in [0.25, 0.3) is 0 Å². The van der Waals surface area contributed by atoms with Gasteiger partial charge in [-0.2, -0.15) is 10.2 Å². The van der Waals surface area contributed by atoms with Crippen molar-refractivity contribution in [1.82, 2.24) is 29.9 Å². The van der Waals surface area contributed by atoms with E-state index in [0.717, 1.165) is 37.6 Å². The Morgan fingerprint density at radius 2 is 2.22 bits per heavy atom. The minimum atomic E-state index is 0.668. The number of aromatic nitrogens is 5. The summed E-state index contributed by atoms with van der Waals surface area (Å²) in [7, 11) is 0. The molecule has 0 spiro atoms. The van der Waals surface area contributed by atoms with Gasteiger partial charge in [0.2, 0.25) is 0 Å². The Morgan fingerprint density at radius 3 is 3.00 bits per heavy atom. The lowest BCUT2D eigenvalue weighted by atomic mass is 10.4. The molecule has 2 heterocycles. The van der Waals surface area contributed by atoms with Gasteiger partial charge in [-0.15, -0.1) is 0 Å². The molecule has 0 aromatic carbocycles. The van der Waals surface area contributed by atoms with E-state index >= 15 is 0 Å². The van der Waals surface area contributed by atoms with Crippen LogP contribution in [0.4, 0.5) is 0 Å². The third kappa shape index (κ3) is 3.16. The second-order valence-electron chi connectivity index (χ2n) is 4.17. The molecule has 2 aromatic heterocycles. The highest BCUT2D eigenvalue weighted by Gasteiger charge is 2.05. The smallest absolute Gasteiger partial charge is 0.148 e. The van der Waals surface area contributed by atoms with Crippen LogP contribution in [-0.2, 0) is 19.6 Å². The molecule has 0 aliphatic heterocycles. The van der Waals surface area contributed by atoms with Gasteiger partial charge in [-0.1, -0.05) is 6.92 Å². The molecule has 18 heavy (non-hydrogen) atoms. The van der Waals surface area contributed by atoms with Crippen LogP contribution < -0.4 is 5.32 Å². The van der Waals surface area contributed by atoms with Crippen LogP contribution >= 0.6 is 0 Å². The second-order valence-corrected chi connectivity index (χ2v) is 4.17. The van der Waals surface area contributed by atoms with Crippen LogP contribution in [0.3, 0.4) is 0 Å². The Bertz CT molecular complexity index is 472. The zero-order valence-electron chi connectivity index (χ0n) is 11.0. The van der Waals surface area contributed by atoms with Crippen LogP contribution in [0.15, 0.2) is 18.6 Å². The fraction of sp³-hybridized carbons (Fsp3) is 0.583. The van der Waals surface area contributed by atoms with Crippen molar-refractivity contribution in [2.45, 2.75) is 39.9 Å². The van der Waals surface area contributed by atoms with E-state index in [1.54, 1.807) is 6.33 Å². The maximum atomic E-state index is 4.51. The van der Waals surface area contributed by atoms with E-state index in [1.165, 1.54) is 0 Å². The summed E-state index contributed by atoms with van der Waals surface area (Å²) in [5, 5.41) is 12.0. The zero-order valence-corrected chi connectivity index (χ0v) is 11.0. The number of nitrogens with one attached hydrogen (secondary N) is 1. The van der Waals surface area contributed by atoms with E-state index in [-0.39, 0.29) is 0 Å². The molecule has 0 unspecified atom stereocenters. The highest BCUT2D eigenvalue weighted by atomic mass is 15.4. The average Bonchev–Trinajstić information content (AvgIpc) is 2.99. The molecule has 0 aliphatic rings. The highest BCUT2D eigenvalue weighted by Crippen LogP contribution is 2.00. The van der Waals surface area contributed by atoms with Gasteiger partial charge >= 0.3 is 0 Å². The molecule has 0 bridgehead atoms. The summed E-state index contributed by atoms with van der Waals surface area (Å²) < 4.78 is 3.79. The molecule has 6 nitrogen and oxygen atoms in total. The average molecular weight is 248 g/mol. The summed E-state index contributed by atoms with van der Waals surface area (Å²) in [4.78, 5) is 4.24. The van der Waals surface area contributed by atoms with Crippen LogP contribution in [-0.4, -0.2) is 31.1 Å². The molecule has 6 heteroatoms. The van der Waals surface area contributed by atoms with E-state index in [0.29, 0.717) is 6.54 Å². The van der Waals surface area contributed by atoms with Gasteiger partial charge < -0.3 is 5.32 Å². The standard InChI is InChI=1S/C12H20N6/c1-3-6-13-8-11-5-7-17(16-11)9-12-14-10-15-18(12)4-2/h5,7,10,13H,3-4,6,8-9H2,1-2H3. The number of nitrogens with zero attached hydrogens (tertiary/aromatic N) is 5. The third-order valence-corrected chi connectivity index (χ3v) is 2.73. The topological polar surface area (TPSA) is 60.6 Å². The second kappa shape index (κ2) is 6.30. The lowest BCUT2D eigenvalue weighted by Gasteiger charge is -2.03. The van der Waals surface area contributed by atoms with Crippen molar-refractivity contribution in [3.8, 4) is 0 Å². The van der Waals surface area contributed by atoms with Crippen LogP contribution in [0.25, 0.3) is 0 Å². The first-order valence-electron chi connectivity index (χ1n) is 6.43.